The number of aromatic nitrogens is 1. The van der Waals surface area contributed by atoms with Crippen molar-refractivity contribution in [3.05, 3.63) is 16.1 Å². The van der Waals surface area contributed by atoms with E-state index in [9.17, 15) is 9.59 Å². The molecule has 1 aromatic heterocycles. The topological polar surface area (TPSA) is 82.5 Å². The van der Waals surface area contributed by atoms with E-state index < -0.39 is 11.9 Å². The van der Waals surface area contributed by atoms with Crippen LogP contribution >= 0.6 is 11.3 Å². The molecule has 19 heavy (non-hydrogen) atoms. The van der Waals surface area contributed by atoms with Crippen LogP contribution < -0.4 is 5.32 Å². The van der Waals surface area contributed by atoms with Crippen molar-refractivity contribution in [2.75, 3.05) is 6.54 Å². The molecule has 6 nitrogen and oxygen atoms in total. The van der Waals surface area contributed by atoms with Gasteiger partial charge in [0.15, 0.2) is 0 Å². The Hall–Kier alpha value is -1.63. The molecule has 2 amide bonds. The average molecular weight is 283 g/mol. The highest BCUT2D eigenvalue weighted by molar-refractivity contribution is 7.11. The number of carboxylic acid groups (broad SMARTS) is 1. The number of amides is 2. The Morgan fingerprint density at radius 3 is 2.89 bits per heavy atom. The number of carbonyl (C=O) groups excluding carboxylic acids is 1. The standard InChI is InChI=1S/C12H17N3O3S/c1-7-10(11(16)17)3-4-15(7)12(18)14-6-9-5-13-8(2)19-9/h5,7,10H,3-4,6H2,1-2H3,(H,14,18)(H,16,17). The van der Waals surface area contributed by atoms with E-state index in [4.69, 9.17) is 5.11 Å². The first-order valence-corrected chi connectivity index (χ1v) is 6.99. The summed E-state index contributed by atoms with van der Waals surface area (Å²) in [6.07, 6.45) is 2.26. The molecular weight excluding hydrogens is 266 g/mol. The van der Waals surface area contributed by atoms with Gasteiger partial charge in [0.2, 0.25) is 0 Å². The molecule has 2 N–H and O–H groups in total. The third-order valence-electron chi connectivity index (χ3n) is 3.42. The molecule has 0 aliphatic carbocycles. The molecular formula is C12H17N3O3S. The Labute approximate surface area is 115 Å². The van der Waals surface area contributed by atoms with Crippen LogP contribution in [-0.2, 0) is 11.3 Å². The SMILES string of the molecule is Cc1ncc(CNC(=O)N2CCC(C(=O)O)C2C)s1. The van der Waals surface area contributed by atoms with Crippen LogP contribution in [0.2, 0.25) is 0 Å². The van der Waals surface area contributed by atoms with E-state index in [1.165, 1.54) is 0 Å². The summed E-state index contributed by atoms with van der Waals surface area (Å²) in [6.45, 7) is 4.62. The molecule has 0 radical (unpaired) electrons. The van der Waals surface area contributed by atoms with Gasteiger partial charge in [0.05, 0.1) is 17.5 Å². The number of hydrogen-bond acceptors (Lipinski definition) is 4. The summed E-state index contributed by atoms with van der Waals surface area (Å²) < 4.78 is 0. The highest BCUT2D eigenvalue weighted by Crippen LogP contribution is 2.24. The van der Waals surface area contributed by atoms with Crippen molar-refractivity contribution in [2.45, 2.75) is 32.9 Å². The molecule has 2 atom stereocenters. The highest BCUT2D eigenvalue weighted by atomic mass is 32.1. The normalized spacial score (nSPS) is 22.5. The van der Waals surface area contributed by atoms with Crippen LogP contribution in [0.3, 0.4) is 0 Å². The molecule has 0 saturated carbocycles. The van der Waals surface area contributed by atoms with E-state index in [1.807, 2.05) is 6.92 Å². The summed E-state index contributed by atoms with van der Waals surface area (Å²) in [4.78, 5) is 29.7. The van der Waals surface area contributed by atoms with Crippen molar-refractivity contribution in [2.24, 2.45) is 5.92 Å². The third kappa shape index (κ3) is 3.04. The maximum atomic E-state index is 12.0. The van der Waals surface area contributed by atoms with Gasteiger partial charge >= 0.3 is 12.0 Å². The molecule has 1 aliphatic rings. The number of carboxylic acids is 1. The number of aliphatic carboxylic acids is 1. The molecule has 1 aromatic rings. The lowest BCUT2D eigenvalue weighted by molar-refractivity contribution is -0.142. The molecule has 7 heteroatoms. The summed E-state index contributed by atoms with van der Waals surface area (Å²) in [5.74, 6) is -1.29. The first-order valence-electron chi connectivity index (χ1n) is 6.17. The second-order valence-electron chi connectivity index (χ2n) is 4.67. The van der Waals surface area contributed by atoms with Crippen molar-refractivity contribution >= 4 is 23.3 Å². The highest BCUT2D eigenvalue weighted by Gasteiger charge is 2.37. The van der Waals surface area contributed by atoms with E-state index in [0.29, 0.717) is 19.5 Å². The van der Waals surface area contributed by atoms with E-state index in [1.54, 1.807) is 29.4 Å². The van der Waals surface area contributed by atoms with Crippen molar-refractivity contribution in [1.82, 2.24) is 15.2 Å². The van der Waals surface area contributed by atoms with E-state index >= 15 is 0 Å². The zero-order valence-electron chi connectivity index (χ0n) is 10.9. The van der Waals surface area contributed by atoms with Gasteiger partial charge in [0.25, 0.3) is 0 Å². The lowest BCUT2D eigenvalue weighted by Crippen LogP contribution is -2.43. The predicted molar refractivity (Wildman–Crippen MR) is 71.0 cm³/mol. The Morgan fingerprint density at radius 1 is 1.63 bits per heavy atom. The van der Waals surface area contributed by atoms with Gasteiger partial charge in [-0.25, -0.2) is 9.78 Å². The van der Waals surface area contributed by atoms with Gasteiger partial charge in [-0.15, -0.1) is 11.3 Å². The van der Waals surface area contributed by atoms with E-state index in [2.05, 4.69) is 10.3 Å². The monoisotopic (exact) mass is 283 g/mol. The van der Waals surface area contributed by atoms with Gasteiger partial charge in [-0.1, -0.05) is 0 Å². The summed E-state index contributed by atoms with van der Waals surface area (Å²) >= 11 is 1.54. The van der Waals surface area contributed by atoms with Gasteiger partial charge in [-0.05, 0) is 20.3 Å². The molecule has 0 spiro atoms. The van der Waals surface area contributed by atoms with Crippen molar-refractivity contribution < 1.29 is 14.7 Å². The van der Waals surface area contributed by atoms with Crippen LogP contribution in [0.1, 0.15) is 23.2 Å². The van der Waals surface area contributed by atoms with Gasteiger partial charge in [-0.3, -0.25) is 4.79 Å². The number of likely N-dealkylation sites (tertiary alicyclic amines) is 1. The van der Waals surface area contributed by atoms with Crippen LogP contribution in [0.5, 0.6) is 0 Å². The van der Waals surface area contributed by atoms with Gasteiger partial charge < -0.3 is 15.3 Å². The van der Waals surface area contributed by atoms with Crippen LogP contribution in [0.4, 0.5) is 4.79 Å². The zero-order chi connectivity index (χ0) is 14.0. The summed E-state index contributed by atoms with van der Waals surface area (Å²) in [6, 6.07) is -0.469. The Balaban J connectivity index is 1.89. The number of urea groups is 1. The third-order valence-corrected chi connectivity index (χ3v) is 4.33. The van der Waals surface area contributed by atoms with Crippen molar-refractivity contribution in [3.8, 4) is 0 Å². The van der Waals surface area contributed by atoms with Gasteiger partial charge in [0, 0.05) is 23.7 Å². The number of nitrogens with zero attached hydrogens (tertiary/aromatic N) is 2. The Morgan fingerprint density at radius 2 is 2.37 bits per heavy atom. The smallest absolute Gasteiger partial charge is 0.317 e. The quantitative estimate of drug-likeness (QED) is 0.879. The van der Waals surface area contributed by atoms with Crippen LogP contribution in [0, 0.1) is 12.8 Å². The molecule has 104 valence electrons. The van der Waals surface area contributed by atoms with Gasteiger partial charge in [0.1, 0.15) is 0 Å². The fourth-order valence-electron chi connectivity index (χ4n) is 2.31. The first kappa shape index (κ1) is 13.8. The molecule has 0 aromatic carbocycles. The van der Waals surface area contributed by atoms with Crippen LogP contribution in [-0.4, -0.2) is 39.6 Å². The minimum absolute atomic E-state index is 0.206. The maximum Gasteiger partial charge on any atom is 0.317 e. The number of carbonyl (C=O) groups is 2. The molecule has 2 unspecified atom stereocenters. The number of aryl methyl sites for hydroxylation is 1. The summed E-state index contributed by atoms with van der Waals surface area (Å²) in [5.41, 5.74) is 0. The van der Waals surface area contributed by atoms with Crippen molar-refractivity contribution in [1.29, 1.82) is 0 Å². The molecule has 2 rings (SSSR count). The summed E-state index contributed by atoms with van der Waals surface area (Å²) in [7, 11) is 0. The van der Waals surface area contributed by atoms with E-state index in [-0.39, 0.29) is 12.1 Å². The average Bonchev–Trinajstić information content (AvgIpc) is 2.92. The predicted octanol–water partition coefficient (Wildman–Crippen LogP) is 1.46. The lowest BCUT2D eigenvalue weighted by Gasteiger charge is -2.23. The van der Waals surface area contributed by atoms with E-state index in [0.717, 1.165) is 9.88 Å². The second-order valence-corrected chi connectivity index (χ2v) is 5.99. The van der Waals surface area contributed by atoms with Crippen LogP contribution in [0.15, 0.2) is 6.20 Å². The molecule has 2 heterocycles. The number of nitrogens with one attached hydrogen (secondary N) is 1. The maximum absolute atomic E-state index is 12.0. The fourth-order valence-corrected chi connectivity index (χ4v) is 3.04. The fraction of sp³-hybridized carbons (Fsp3) is 0.583. The number of hydrogen-bond donors (Lipinski definition) is 2. The summed E-state index contributed by atoms with van der Waals surface area (Å²) in [5, 5.41) is 12.8. The zero-order valence-corrected chi connectivity index (χ0v) is 11.7. The second kappa shape index (κ2) is 5.56. The Kier molecular flexibility index (Phi) is 4.04. The minimum atomic E-state index is -0.833. The van der Waals surface area contributed by atoms with Crippen LogP contribution in [0.25, 0.3) is 0 Å². The first-order chi connectivity index (χ1) is 8.99. The Bertz CT molecular complexity index is 488. The minimum Gasteiger partial charge on any atom is -0.481 e. The number of thiazole rings is 1. The molecule has 0 bridgehead atoms. The molecule has 1 saturated heterocycles. The van der Waals surface area contributed by atoms with Gasteiger partial charge in [-0.2, -0.15) is 0 Å². The van der Waals surface area contributed by atoms with Crippen molar-refractivity contribution in [3.63, 3.8) is 0 Å². The molecule has 1 fully saturated rings. The lowest BCUT2D eigenvalue weighted by atomic mass is 10.0. The molecule has 1 aliphatic heterocycles. The largest absolute Gasteiger partial charge is 0.481 e. The number of rotatable bonds is 3.